The van der Waals surface area contributed by atoms with Crippen molar-refractivity contribution in [3.05, 3.63) is 29.3 Å². The summed E-state index contributed by atoms with van der Waals surface area (Å²) in [6.45, 7) is 4.57. The molecule has 0 aliphatic heterocycles. The topological polar surface area (TPSA) is 98.8 Å². The SMILES string of the molecule is CCCN(C)Nc1cccc(C)c1C(=O)N(C=O)C(CCC=O)C(=O)NC. The van der Waals surface area contributed by atoms with Crippen molar-refractivity contribution in [3.8, 4) is 0 Å². The molecule has 148 valence electrons. The summed E-state index contributed by atoms with van der Waals surface area (Å²) in [7, 11) is 3.28. The summed E-state index contributed by atoms with van der Waals surface area (Å²) in [4.78, 5) is 48.6. The van der Waals surface area contributed by atoms with Gasteiger partial charge in [0, 0.05) is 27.1 Å². The summed E-state index contributed by atoms with van der Waals surface area (Å²) in [5.41, 5.74) is 4.69. The molecule has 0 heterocycles. The Morgan fingerprint density at radius 3 is 2.52 bits per heavy atom. The molecule has 0 saturated carbocycles. The molecule has 0 aliphatic rings. The number of hydrogen-bond acceptors (Lipinski definition) is 6. The zero-order valence-corrected chi connectivity index (χ0v) is 16.3. The van der Waals surface area contributed by atoms with Crippen LogP contribution in [0.15, 0.2) is 18.2 Å². The van der Waals surface area contributed by atoms with E-state index in [9.17, 15) is 19.2 Å². The first-order chi connectivity index (χ1) is 12.9. The fourth-order valence-corrected chi connectivity index (χ4v) is 2.82. The molecule has 8 nitrogen and oxygen atoms in total. The van der Waals surface area contributed by atoms with E-state index in [-0.39, 0.29) is 12.8 Å². The Kier molecular flexibility index (Phi) is 9.15. The van der Waals surface area contributed by atoms with Gasteiger partial charge in [0.05, 0.1) is 11.3 Å². The van der Waals surface area contributed by atoms with Crippen molar-refractivity contribution in [1.82, 2.24) is 15.2 Å². The summed E-state index contributed by atoms with van der Waals surface area (Å²) in [6, 6.07) is 4.27. The molecule has 1 rings (SSSR count). The molecule has 1 aromatic rings. The van der Waals surface area contributed by atoms with Crippen LogP contribution in [0.1, 0.15) is 42.1 Å². The van der Waals surface area contributed by atoms with E-state index in [0.717, 1.165) is 17.9 Å². The van der Waals surface area contributed by atoms with Crippen molar-refractivity contribution in [3.63, 3.8) is 0 Å². The second-order valence-corrected chi connectivity index (χ2v) is 6.22. The van der Waals surface area contributed by atoms with Crippen LogP contribution in [0, 0.1) is 6.92 Å². The average Bonchev–Trinajstić information content (AvgIpc) is 2.64. The smallest absolute Gasteiger partial charge is 0.263 e. The van der Waals surface area contributed by atoms with Crippen molar-refractivity contribution in [2.24, 2.45) is 0 Å². The molecule has 0 saturated heterocycles. The van der Waals surface area contributed by atoms with Gasteiger partial charge in [0.1, 0.15) is 12.3 Å². The number of likely N-dealkylation sites (N-methyl/N-ethyl adjacent to an activating group) is 1. The van der Waals surface area contributed by atoms with Crippen molar-refractivity contribution in [1.29, 1.82) is 0 Å². The van der Waals surface area contributed by atoms with Crippen molar-refractivity contribution >= 4 is 30.2 Å². The first-order valence-electron chi connectivity index (χ1n) is 8.91. The van der Waals surface area contributed by atoms with Gasteiger partial charge in [-0.25, -0.2) is 5.01 Å². The second kappa shape index (κ2) is 11.1. The van der Waals surface area contributed by atoms with E-state index in [1.54, 1.807) is 19.1 Å². The number of hydrogen-bond donors (Lipinski definition) is 2. The van der Waals surface area contributed by atoms with E-state index in [2.05, 4.69) is 10.7 Å². The average molecular weight is 376 g/mol. The standard InChI is InChI=1S/C19H28N4O4/c1-5-11-22(4)21-15-9-6-8-14(2)17(15)19(27)23(13-25)16(10-7-12-24)18(26)20-3/h6,8-9,12-13,16,21H,5,7,10-11H2,1-4H3,(H,20,26). The number of amides is 3. The first-order valence-corrected chi connectivity index (χ1v) is 8.91. The number of nitrogens with zero attached hydrogens (tertiary/aromatic N) is 2. The Bertz CT molecular complexity index is 678. The highest BCUT2D eigenvalue weighted by Crippen LogP contribution is 2.23. The van der Waals surface area contributed by atoms with Gasteiger partial charge >= 0.3 is 0 Å². The normalized spacial score (nSPS) is 11.6. The number of hydrazine groups is 1. The van der Waals surface area contributed by atoms with Crippen LogP contribution < -0.4 is 10.7 Å². The molecular weight excluding hydrogens is 348 g/mol. The number of carbonyl (C=O) groups is 4. The third-order valence-electron chi connectivity index (χ3n) is 4.15. The van der Waals surface area contributed by atoms with Crippen LogP contribution in [-0.4, -0.2) is 61.1 Å². The summed E-state index contributed by atoms with van der Waals surface area (Å²) < 4.78 is 0. The van der Waals surface area contributed by atoms with Crippen LogP contribution in [0.3, 0.4) is 0 Å². The molecule has 3 amide bonds. The van der Waals surface area contributed by atoms with Gasteiger partial charge in [-0.3, -0.25) is 19.3 Å². The van der Waals surface area contributed by atoms with Gasteiger partial charge in [-0.1, -0.05) is 19.1 Å². The molecular formula is C19H28N4O4. The molecule has 0 aliphatic carbocycles. The van der Waals surface area contributed by atoms with E-state index in [1.807, 2.05) is 25.0 Å². The minimum atomic E-state index is -1.05. The van der Waals surface area contributed by atoms with Crippen molar-refractivity contribution in [2.45, 2.75) is 39.2 Å². The number of carbonyl (C=O) groups excluding carboxylic acids is 4. The van der Waals surface area contributed by atoms with Crippen LogP contribution >= 0.6 is 0 Å². The third kappa shape index (κ3) is 5.89. The zero-order chi connectivity index (χ0) is 20.4. The number of imide groups is 1. The molecule has 27 heavy (non-hydrogen) atoms. The molecule has 0 fully saturated rings. The molecule has 8 heteroatoms. The van der Waals surface area contributed by atoms with Gasteiger partial charge in [-0.05, 0) is 31.4 Å². The number of nitrogens with one attached hydrogen (secondary N) is 2. The van der Waals surface area contributed by atoms with Crippen LogP contribution in [0.25, 0.3) is 0 Å². The van der Waals surface area contributed by atoms with Gasteiger partial charge < -0.3 is 15.5 Å². The maximum Gasteiger partial charge on any atom is 0.263 e. The van der Waals surface area contributed by atoms with E-state index in [4.69, 9.17) is 0 Å². The number of anilines is 1. The van der Waals surface area contributed by atoms with Gasteiger partial charge in [0.25, 0.3) is 5.91 Å². The lowest BCUT2D eigenvalue weighted by Gasteiger charge is -2.27. The van der Waals surface area contributed by atoms with E-state index in [1.165, 1.54) is 7.05 Å². The van der Waals surface area contributed by atoms with Crippen LogP contribution in [-0.2, 0) is 14.4 Å². The molecule has 0 spiro atoms. The maximum atomic E-state index is 13.1. The quantitative estimate of drug-likeness (QED) is 0.447. The fraction of sp³-hybridized carbons (Fsp3) is 0.474. The third-order valence-corrected chi connectivity index (χ3v) is 4.15. The molecule has 0 bridgehead atoms. The number of aldehydes is 1. The number of benzene rings is 1. The summed E-state index contributed by atoms with van der Waals surface area (Å²) in [5.74, 6) is -1.08. The minimum Gasteiger partial charge on any atom is -0.357 e. The summed E-state index contributed by atoms with van der Waals surface area (Å²) in [6.07, 6.45) is 2.05. The van der Waals surface area contributed by atoms with Gasteiger partial charge in [-0.2, -0.15) is 0 Å². The predicted octanol–water partition coefficient (Wildman–Crippen LogP) is 1.36. The van der Waals surface area contributed by atoms with Gasteiger partial charge in [0.2, 0.25) is 12.3 Å². The van der Waals surface area contributed by atoms with Crippen molar-refractivity contribution < 1.29 is 19.2 Å². The van der Waals surface area contributed by atoms with Crippen LogP contribution in [0.2, 0.25) is 0 Å². The Balaban J connectivity index is 3.28. The van der Waals surface area contributed by atoms with E-state index in [0.29, 0.717) is 29.5 Å². The molecule has 0 aromatic heterocycles. The highest BCUT2D eigenvalue weighted by Gasteiger charge is 2.31. The predicted molar refractivity (Wildman–Crippen MR) is 103 cm³/mol. The fourth-order valence-electron chi connectivity index (χ4n) is 2.82. The Hall–Kier alpha value is -2.74. The summed E-state index contributed by atoms with van der Waals surface area (Å²) in [5, 5.41) is 4.29. The Morgan fingerprint density at radius 1 is 1.26 bits per heavy atom. The molecule has 0 radical (unpaired) electrons. The monoisotopic (exact) mass is 376 g/mol. The highest BCUT2D eigenvalue weighted by atomic mass is 16.2. The first kappa shape index (κ1) is 22.3. The van der Waals surface area contributed by atoms with Gasteiger partial charge in [0.15, 0.2) is 0 Å². The second-order valence-electron chi connectivity index (χ2n) is 6.22. The van der Waals surface area contributed by atoms with E-state index < -0.39 is 17.9 Å². The number of rotatable bonds is 11. The highest BCUT2D eigenvalue weighted by molar-refractivity contribution is 6.07. The van der Waals surface area contributed by atoms with Crippen molar-refractivity contribution in [2.75, 3.05) is 26.1 Å². The maximum absolute atomic E-state index is 13.1. The lowest BCUT2D eigenvalue weighted by molar-refractivity contribution is -0.131. The Labute approximate surface area is 159 Å². The number of aryl methyl sites for hydroxylation is 1. The van der Waals surface area contributed by atoms with Crippen LogP contribution in [0.4, 0.5) is 5.69 Å². The lowest BCUT2D eigenvalue weighted by atomic mass is 10.0. The molecule has 1 atom stereocenters. The minimum absolute atomic E-state index is 0.0633. The molecule has 1 aromatic carbocycles. The Morgan fingerprint density at radius 2 is 1.96 bits per heavy atom. The lowest BCUT2D eigenvalue weighted by Crippen LogP contribution is -2.48. The summed E-state index contributed by atoms with van der Waals surface area (Å²) >= 11 is 0. The van der Waals surface area contributed by atoms with Crippen LogP contribution in [0.5, 0.6) is 0 Å². The largest absolute Gasteiger partial charge is 0.357 e. The zero-order valence-electron chi connectivity index (χ0n) is 16.3. The van der Waals surface area contributed by atoms with Gasteiger partial charge in [-0.15, -0.1) is 0 Å². The molecule has 1 unspecified atom stereocenters. The molecule has 2 N–H and O–H groups in total. The van der Waals surface area contributed by atoms with E-state index >= 15 is 0 Å².